The maximum Gasteiger partial charge on any atom is 0.410 e. The lowest BCUT2D eigenvalue weighted by Gasteiger charge is -2.34. The highest BCUT2D eigenvalue weighted by Gasteiger charge is 2.63. The van der Waals surface area contributed by atoms with Gasteiger partial charge in [-0.15, -0.1) is 0 Å². The Hall–Kier alpha value is -4.16. The minimum atomic E-state index is -0.788. The molecule has 0 saturated carbocycles. The molecule has 0 aliphatic carbocycles. The molecule has 4 amide bonds. The molecule has 10 heteroatoms. The van der Waals surface area contributed by atoms with Crippen molar-refractivity contribution in [1.82, 2.24) is 14.8 Å². The van der Waals surface area contributed by atoms with Gasteiger partial charge >= 0.3 is 12.1 Å². The van der Waals surface area contributed by atoms with Crippen LogP contribution in [0.25, 0.3) is 10.8 Å². The Bertz CT molecular complexity index is 1450. The zero-order valence-corrected chi connectivity index (χ0v) is 19.1. The van der Waals surface area contributed by atoms with Crippen LogP contribution in [0.1, 0.15) is 17.7 Å². The molecule has 3 atom stereocenters. The first-order chi connectivity index (χ1) is 17.0. The highest BCUT2D eigenvalue weighted by atomic mass is 35.5. The van der Waals surface area contributed by atoms with Gasteiger partial charge in [-0.25, -0.2) is 19.5 Å². The number of halogens is 1. The van der Waals surface area contributed by atoms with Crippen LogP contribution in [0, 0.1) is 11.3 Å². The summed E-state index contributed by atoms with van der Waals surface area (Å²) in [6.45, 7) is 0.310. The van der Waals surface area contributed by atoms with E-state index in [4.69, 9.17) is 16.3 Å². The number of hydrogen-bond donors (Lipinski definition) is 0. The molecule has 0 radical (unpaired) electrons. The maximum atomic E-state index is 13.6. The van der Waals surface area contributed by atoms with Crippen LogP contribution in [0.2, 0.25) is 5.02 Å². The summed E-state index contributed by atoms with van der Waals surface area (Å²) in [6.07, 6.45) is 1.36. The molecule has 3 aliphatic heterocycles. The van der Waals surface area contributed by atoms with Crippen LogP contribution >= 0.6 is 11.6 Å². The van der Waals surface area contributed by atoms with Gasteiger partial charge in [-0.1, -0.05) is 54.1 Å². The van der Waals surface area contributed by atoms with Crippen molar-refractivity contribution in [2.45, 2.75) is 31.2 Å². The summed E-state index contributed by atoms with van der Waals surface area (Å²) in [4.78, 5) is 48.2. The van der Waals surface area contributed by atoms with E-state index in [0.717, 1.165) is 4.90 Å². The number of piperazine rings is 1. The molecule has 2 bridgehead atoms. The van der Waals surface area contributed by atoms with Crippen LogP contribution < -0.4 is 4.90 Å². The van der Waals surface area contributed by atoms with Gasteiger partial charge in [0.2, 0.25) is 0 Å². The number of aromatic nitrogens is 1. The fourth-order valence-electron chi connectivity index (χ4n) is 5.37. The predicted octanol–water partition coefficient (Wildman–Crippen LogP) is 3.69. The normalized spacial score (nSPS) is 22.6. The Morgan fingerprint density at radius 1 is 1.14 bits per heavy atom. The number of ether oxygens (including phenoxy) is 1. The van der Waals surface area contributed by atoms with Crippen LogP contribution in [-0.4, -0.2) is 57.5 Å². The van der Waals surface area contributed by atoms with E-state index in [1.807, 2.05) is 12.1 Å². The number of benzene rings is 2. The SMILES string of the molecule is N#Cc1ncc(N2C(=O)C3C4CC(CN4C(=O)OCc4ccccc4Cl)N3C2=O)c2ccccc12. The Morgan fingerprint density at radius 3 is 2.66 bits per heavy atom. The fraction of sp³-hybridized carbons (Fsp3) is 0.240. The Balaban J connectivity index is 1.27. The Morgan fingerprint density at radius 2 is 1.89 bits per heavy atom. The van der Waals surface area contributed by atoms with Crippen molar-refractivity contribution in [3.8, 4) is 6.07 Å². The second-order valence-corrected chi connectivity index (χ2v) is 9.12. The number of anilines is 1. The predicted molar refractivity (Wildman–Crippen MR) is 126 cm³/mol. The molecule has 3 aliphatic rings. The minimum Gasteiger partial charge on any atom is -0.444 e. The first kappa shape index (κ1) is 21.4. The van der Waals surface area contributed by atoms with Crippen molar-refractivity contribution in [1.29, 1.82) is 5.26 Å². The number of rotatable bonds is 3. The van der Waals surface area contributed by atoms with Crippen LogP contribution in [0.3, 0.4) is 0 Å². The topological polar surface area (TPSA) is 107 Å². The summed E-state index contributed by atoms with van der Waals surface area (Å²) in [5.74, 6) is -0.414. The van der Waals surface area contributed by atoms with Gasteiger partial charge in [0.1, 0.15) is 24.4 Å². The second-order valence-electron chi connectivity index (χ2n) is 8.71. The van der Waals surface area contributed by atoms with E-state index in [1.165, 1.54) is 11.1 Å². The van der Waals surface area contributed by atoms with E-state index in [9.17, 15) is 19.6 Å². The number of nitriles is 1. The van der Waals surface area contributed by atoms with E-state index in [1.54, 1.807) is 47.4 Å². The van der Waals surface area contributed by atoms with Gasteiger partial charge < -0.3 is 14.5 Å². The number of pyridine rings is 1. The van der Waals surface area contributed by atoms with Gasteiger partial charge in [-0.3, -0.25) is 4.79 Å². The molecular formula is C25H18ClN5O4. The number of carbonyl (C=O) groups is 3. The number of amides is 4. The molecule has 4 heterocycles. The summed E-state index contributed by atoms with van der Waals surface area (Å²) in [7, 11) is 0. The molecule has 3 aromatic rings. The van der Waals surface area contributed by atoms with Crippen molar-refractivity contribution in [3.05, 3.63) is 71.0 Å². The number of urea groups is 1. The quantitative estimate of drug-likeness (QED) is 0.521. The van der Waals surface area contributed by atoms with Gasteiger partial charge in [0.05, 0.1) is 24.0 Å². The monoisotopic (exact) mass is 487 g/mol. The van der Waals surface area contributed by atoms with Gasteiger partial charge in [0, 0.05) is 27.9 Å². The van der Waals surface area contributed by atoms with E-state index < -0.39 is 30.1 Å². The Labute approximate surface area is 205 Å². The summed E-state index contributed by atoms with van der Waals surface area (Å²) >= 11 is 6.15. The van der Waals surface area contributed by atoms with Crippen LogP contribution in [0.5, 0.6) is 0 Å². The second kappa shape index (κ2) is 7.96. The Kier molecular flexibility index (Phi) is 4.86. The van der Waals surface area contributed by atoms with E-state index in [-0.39, 0.29) is 18.3 Å². The molecule has 3 fully saturated rings. The number of imide groups is 1. The molecule has 2 aromatic carbocycles. The molecule has 9 nitrogen and oxygen atoms in total. The smallest absolute Gasteiger partial charge is 0.410 e. The molecule has 0 N–H and O–H groups in total. The number of likely N-dealkylation sites (tertiary alicyclic amines) is 1. The zero-order valence-electron chi connectivity index (χ0n) is 18.3. The van der Waals surface area contributed by atoms with E-state index in [0.29, 0.717) is 40.0 Å². The molecule has 6 rings (SSSR count). The van der Waals surface area contributed by atoms with Gasteiger partial charge in [0.15, 0.2) is 0 Å². The van der Waals surface area contributed by atoms with Crippen LogP contribution in [0.15, 0.2) is 54.7 Å². The van der Waals surface area contributed by atoms with Crippen molar-refractivity contribution in [3.63, 3.8) is 0 Å². The third-order valence-electron chi connectivity index (χ3n) is 6.93. The minimum absolute atomic E-state index is 0.0165. The fourth-order valence-corrected chi connectivity index (χ4v) is 5.56. The molecule has 3 unspecified atom stereocenters. The molecule has 0 spiro atoms. The molecular weight excluding hydrogens is 470 g/mol. The summed E-state index contributed by atoms with van der Waals surface area (Å²) in [5.41, 5.74) is 1.24. The maximum absolute atomic E-state index is 13.6. The van der Waals surface area contributed by atoms with E-state index >= 15 is 0 Å². The van der Waals surface area contributed by atoms with Gasteiger partial charge in [-0.05, 0) is 12.5 Å². The number of nitrogens with zero attached hydrogens (tertiary/aromatic N) is 5. The first-order valence-corrected chi connectivity index (χ1v) is 11.5. The molecule has 174 valence electrons. The highest BCUT2D eigenvalue weighted by molar-refractivity contribution is 6.31. The summed E-state index contributed by atoms with van der Waals surface area (Å²) in [5, 5.41) is 11.0. The highest BCUT2D eigenvalue weighted by Crippen LogP contribution is 2.43. The van der Waals surface area contributed by atoms with Gasteiger partial charge in [-0.2, -0.15) is 5.26 Å². The zero-order chi connectivity index (χ0) is 24.3. The number of carbonyl (C=O) groups excluding carboxylic acids is 3. The third-order valence-corrected chi connectivity index (χ3v) is 7.30. The molecule has 3 saturated heterocycles. The average Bonchev–Trinajstić information content (AvgIpc) is 3.54. The first-order valence-electron chi connectivity index (χ1n) is 11.1. The van der Waals surface area contributed by atoms with Crippen LogP contribution in [0.4, 0.5) is 15.3 Å². The lowest BCUT2D eigenvalue weighted by atomic mass is 10.1. The van der Waals surface area contributed by atoms with Crippen molar-refractivity contribution in [2.75, 3.05) is 11.4 Å². The van der Waals surface area contributed by atoms with Crippen molar-refractivity contribution >= 4 is 46.1 Å². The van der Waals surface area contributed by atoms with Gasteiger partial charge in [0.25, 0.3) is 5.91 Å². The van der Waals surface area contributed by atoms with Crippen molar-refractivity contribution in [2.24, 2.45) is 0 Å². The third kappa shape index (κ3) is 3.14. The number of fused-ring (bicyclic) bond motifs is 6. The number of hydrogen-bond acceptors (Lipinski definition) is 6. The molecule has 1 aromatic heterocycles. The van der Waals surface area contributed by atoms with E-state index in [2.05, 4.69) is 4.98 Å². The van der Waals surface area contributed by atoms with Crippen LogP contribution in [-0.2, 0) is 16.1 Å². The largest absolute Gasteiger partial charge is 0.444 e. The lowest BCUT2D eigenvalue weighted by Crippen LogP contribution is -2.54. The van der Waals surface area contributed by atoms with Crippen molar-refractivity contribution < 1.29 is 19.1 Å². The molecule has 35 heavy (non-hydrogen) atoms. The summed E-state index contributed by atoms with van der Waals surface area (Å²) < 4.78 is 5.48. The summed E-state index contributed by atoms with van der Waals surface area (Å²) in [6, 6.07) is 14.2. The standard InChI is InChI=1S/C25H18ClN5O4/c26-18-8-4-1-5-14(18)13-35-25(34)29-12-15-9-20(29)22-23(32)31(24(33)30(15)22)21-11-28-19(10-27)16-6-2-3-7-17(16)21/h1-8,11,15,20,22H,9,12-13H2. The average molecular weight is 488 g/mol. The lowest BCUT2D eigenvalue weighted by molar-refractivity contribution is -0.121.